The Labute approximate surface area is 65.5 Å². The van der Waals surface area contributed by atoms with Gasteiger partial charge in [0.05, 0.1) is 0 Å². The minimum absolute atomic E-state index is 1.28. The van der Waals surface area contributed by atoms with E-state index in [4.69, 9.17) is 10.2 Å². The molecular formula is C5H4O7. The van der Waals surface area contributed by atoms with Gasteiger partial charge in [-0.2, -0.15) is 0 Å². The lowest BCUT2D eigenvalue weighted by molar-refractivity contribution is -0.156. The van der Waals surface area contributed by atoms with Crippen LogP contribution < -0.4 is 0 Å². The molecule has 0 radical (unpaired) electrons. The van der Waals surface area contributed by atoms with Crippen LogP contribution in [0.5, 0.6) is 0 Å². The normalized spacial score (nSPS) is 27.5. The van der Waals surface area contributed by atoms with Gasteiger partial charge < -0.3 is 19.7 Å². The van der Waals surface area contributed by atoms with Crippen molar-refractivity contribution in [2.75, 3.05) is 0 Å². The molecule has 0 aromatic carbocycles. The lowest BCUT2D eigenvalue weighted by Crippen LogP contribution is -2.36. The smallest absolute Gasteiger partial charge is 0.478 e. The van der Waals surface area contributed by atoms with Crippen molar-refractivity contribution in [2.45, 2.75) is 12.2 Å². The van der Waals surface area contributed by atoms with E-state index >= 15 is 0 Å². The molecule has 7 heteroatoms. The Kier molecular flexibility index (Phi) is 1.86. The monoisotopic (exact) mass is 176 g/mol. The van der Waals surface area contributed by atoms with Gasteiger partial charge in [-0.15, -0.1) is 0 Å². The van der Waals surface area contributed by atoms with E-state index in [0.717, 1.165) is 0 Å². The summed E-state index contributed by atoms with van der Waals surface area (Å²) < 4.78 is 8.11. The first-order valence-electron chi connectivity index (χ1n) is 2.85. The van der Waals surface area contributed by atoms with Gasteiger partial charge in [0.1, 0.15) is 0 Å². The summed E-state index contributed by atoms with van der Waals surface area (Å²) in [6.45, 7) is 0. The zero-order chi connectivity index (χ0) is 9.30. The van der Waals surface area contributed by atoms with Crippen LogP contribution in [0.3, 0.4) is 0 Å². The fourth-order valence-corrected chi connectivity index (χ4v) is 0.719. The predicted molar refractivity (Wildman–Crippen MR) is 30.4 cm³/mol. The maximum atomic E-state index is 10.3. The van der Waals surface area contributed by atoms with E-state index in [0.29, 0.717) is 0 Å². The standard InChI is InChI=1S/C5H4O7/c6-3(7)1-2(4(8)9)12-5(10)11-1/h1-2H,(H,6,7)(H,8,9). The summed E-state index contributed by atoms with van der Waals surface area (Å²) in [5.74, 6) is -3.10. The molecule has 0 aromatic heterocycles. The van der Waals surface area contributed by atoms with Crippen LogP contribution in [-0.2, 0) is 19.1 Å². The molecule has 1 fully saturated rings. The maximum absolute atomic E-state index is 10.3. The Bertz CT molecular complexity index is 220. The van der Waals surface area contributed by atoms with Crippen LogP contribution in [0.25, 0.3) is 0 Å². The molecule has 1 aliphatic heterocycles. The van der Waals surface area contributed by atoms with E-state index in [9.17, 15) is 14.4 Å². The summed E-state index contributed by atoms with van der Waals surface area (Å²) in [7, 11) is 0. The van der Waals surface area contributed by atoms with Crippen molar-refractivity contribution < 1.29 is 34.1 Å². The molecule has 1 rings (SSSR count). The second-order valence-electron chi connectivity index (χ2n) is 2.00. The van der Waals surface area contributed by atoms with Crippen molar-refractivity contribution in [3.8, 4) is 0 Å². The number of rotatable bonds is 2. The Morgan fingerprint density at radius 2 is 1.42 bits per heavy atom. The number of cyclic esters (lactones) is 2. The Balaban J connectivity index is 2.79. The largest absolute Gasteiger partial charge is 0.510 e. The molecule has 0 spiro atoms. The minimum Gasteiger partial charge on any atom is -0.478 e. The van der Waals surface area contributed by atoms with E-state index in [-0.39, 0.29) is 0 Å². The number of carboxylic acids is 2. The second-order valence-corrected chi connectivity index (χ2v) is 2.00. The number of hydrogen-bond acceptors (Lipinski definition) is 5. The average molecular weight is 176 g/mol. The number of carbonyl (C=O) groups excluding carboxylic acids is 1. The van der Waals surface area contributed by atoms with Gasteiger partial charge in [0.2, 0.25) is 12.2 Å². The highest BCUT2D eigenvalue weighted by Crippen LogP contribution is 2.15. The quantitative estimate of drug-likeness (QED) is 0.522. The lowest BCUT2D eigenvalue weighted by Gasteiger charge is -2.04. The zero-order valence-corrected chi connectivity index (χ0v) is 5.59. The predicted octanol–water partition coefficient (Wildman–Crippen LogP) is -0.940. The number of hydrogen-bond donors (Lipinski definition) is 2. The third-order valence-electron chi connectivity index (χ3n) is 1.21. The van der Waals surface area contributed by atoms with Crippen LogP contribution >= 0.6 is 0 Å². The molecule has 0 amide bonds. The van der Waals surface area contributed by atoms with Crippen LogP contribution in [0.4, 0.5) is 4.79 Å². The molecule has 2 N–H and O–H groups in total. The molecule has 0 aromatic rings. The Morgan fingerprint density at radius 1 is 1.08 bits per heavy atom. The second kappa shape index (κ2) is 2.68. The van der Waals surface area contributed by atoms with Crippen molar-refractivity contribution >= 4 is 18.1 Å². The first-order valence-corrected chi connectivity index (χ1v) is 2.85. The molecule has 7 nitrogen and oxygen atoms in total. The SMILES string of the molecule is O=C1OC(C(=O)O)C(C(=O)O)O1. The third-order valence-corrected chi connectivity index (χ3v) is 1.21. The summed E-state index contributed by atoms with van der Waals surface area (Å²) in [5, 5.41) is 16.7. The zero-order valence-electron chi connectivity index (χ0n) is 5.59. The summed E-state index contributed by atoms with van der Waals surface area (Å²) in [5.41, 5.74) is 0. The van der Waals surface area contributed by atoms with Gasteiger partial charge in [-0.1, -0.05) is 0 Å². The third kappa shape index (κ3) is 1.29. The summed E-state index contributed by atoms with van der Waals surface area (Å²) in [6, 6.07) is 0. The van der Waals surface area contributed by atoms with Crippen molar-refractivity contribution in [2.24, 2.45) is 0 Å². The van der Waals surface area contributed by atoms with E-state index in [2.05, 4.69) is 9.47 Å². The van der Waals surface area contributed by atoms with Gasteiger partial charge in [0.15, 0.2) is 0 Å². The Morgan fingerprint density at radius 3 is 1.67 bits per heavy atom. The van der Waals surface area contributed by atoms with Crippen LogP contribution in [0.2, 0.25) is 0 Å². The fourth-order valence-electron chi connectivity index (χ4n) is 0.719. The maximum Gasteiger partial charge on any atom is 0.510 e. The summed E-state index contributed by atoms with van der Waals surface area (Å²) in [6.07, 6.45) is -4.79. The van der Waals surface area contributed by atoms with Gasteiger partial charge in [-0.25, -0.2) is 14.4 Å². The molecule has 0 bridgehead atoms. The van der Waals surface area contributed by atoms with E-state index in [1.165, 1.54) is 0 Å². The van der Waals surface area contributed by atoms with Crippen LogP contribution in [0, 0.1) is 0 Å². The Hall–Kier alpha value is -1.79. The van der Waals surface area contributed by atoms with Crippen LogP contribution in [0.15, 0.2) is 0 Å². The highest BCUT2D eigenvalue weighted by atomic mass is 16.8. The average Bonchev–Trinajstić information content (AvgIpc) is 2.31. The minimum atomic E-state index is -1.75. The topological polar surface area (TPSA) is 110 Å². The van der Waals surface area contributed by atoms with Crippen LogP contribution in [0.1, 0.15) is 0 Å². The van der Waals surface area contributed by atoms with Crippen molar-refractivity contribution in [3.05, 3.63) is 0 Å². The van der Waals surface area contributed by atoms with Crippen molar-refractivity contribution in [1.82, 2.24) is 0 Å². The molecule has 1 heterocycles. The van der Waals surface area contributed by atoms with Crippen molar-refractivity contribution in [1.29, 1.82) is 0 Å². The fraction of sp³-hybridized carbons (Fsp3) is 0.400. The molecule has 0 aliphatic carbocycles. The first kappa shape index (κ1) is 8.31. The number of ether oxygens (including phenoxy) is 2. The highest BCUT2D eigenvalue weighted by Gasteiger charge is 2.46. The molecule has 0 saturated carbocycles. The molecule has 2 unspecified atom stereocenters. The van der Waals surface area contributed by atoms with E-state index < -0.39 is 30.3 Å². The number of carbonyl (C=O) groups is 3. The van der Waals surface area contributed by atoms with Gasteiger partial charge >= 0.3 is 18.1 Å². The molecule has 66 valence electrons. The molecule has 1 saturated heterocycles. The first-order chi connectivity index (χ1) is 5.52. The molecule has 12 heavy (non-hydrogen) atoms. The number of aliphatic carboxylic acids is 2. The highest BCUT2D eigenvalue weighted by molar-refractivity contribution is 5.88. The van der Waals surface area contributed by atoms with Crippen molar-refractivity contribution in [3.63, 3.8) is 0 Å². The van der Waals surface area contributed by atoms with Gasteiger partial charge in [0, 0.05) is 0 Å². The van der Waals surface area contributed by atoms with Gasteiger partial charge in [-0.3, -0.25) is 0 Å². The van der Waals surface area contributed by atoms with Gasteiger partial charge in [0.25, 0.3) is 0 Å². The van der Waals surface area contributed by atoms with Crippen LogP contribution in [-0.4, -0.2) is 40.5 Å². The summed E-state index contributed by atoms with van der Waals surface area (Å²) in [4.78, 5) is 30.8. The lowest BCUT2D eigenvalue weighted by atomic mass is 10.2. The van der Waals surface area contributed by atoms with Gasteiger partial charge in [-0.05, 0) is 0 Å². The summed E-state index contributed by atoms with van der Waals surface area (Å²) >= 11 is 0. The van der Waals surface area contributed by atoms with E-state index in [1.54, 1.807) is 0 Å². The molecule has 2 atom stereocenters. The molecular weight excluding hydrogens is 172 g/mol. The van der Waals surface area contributed by atoms with E-state index in [1.807, 2.05) is 0 Å². The molecule has 1 aliphatic rings. The number of carboxylic acid groups (broad SMARTS) is 2.